The summed E-state index contributed by atoms with van der Waals surface area (Å²) in [6.07, 6.45) is 13.7. The Labute approximate surface area is 168 Å². The van der Waals surface area contributed by atoms with Crippen molar-refractivity contribution >= 4 is 32.9 Å². The summed E-state index contributed by atoms with van der Waals surface area (Å²) in [4.78, 5) is 0. The summed E-state index contributed by atoms with van der Waals surface area (Å²) >= 11 is 0. The van der Waals surface area contributed by atoms with Crippen molar-refractivity contribution in [3.8, 4) is 0 Å². The number of benzene rings is 3. The SMILES string of the molecule is c1ccc2c(c1)c1c(c3ccccc32)NC2(CCCCCCCCCC2)CN1. The molecule has 1 spiro atoms. The summed E-state index contributed by atoms with van der Waals surface area (Å²) in [5, 5.41) is 13.4. The molecule has 0 unspecified atom stereocenters. The average molecular weight is 373 g/mol. The predicted molar refractivity (Wildman–Crippen MR) is 122 cm³/mol. The maximum atomic E-state index is 4.12. The maximum absolute atomic E-state index is 4.12. The van der Waals surface area contributed by atoms with Gasteiger partial charge in [0.2, 0.25) is 0 Å². The molecule has 1 heterocycles. The van der Waals surface area contributed by atoms with E-state index in [0.717, 1.165) is 6.54 Å². The summed E-state index contributed by atoms with van der Waals surface area (Å²) in [5.41, 5.74) is 2.83. The molecule has 3 aromatic rings. The summed E-state index contributed by atoms with van der Waals surface area (Å²) < 4.78 is 0. The van der Waals surface area contributed by atoms with E-state index in [-0.39, 0.29) is 5.54 Å². The normalized spacial score (nSPS) is 20.1. The third-order valence-corrected chi connectivity index (χ3v) is 6.99. The van der Waals surface area contributed by atoms with Crippen molar-refractivity contribution in [1.82, 2.24) is 0 Å². The Morgan fingerprint density at radius 2 is 1.00 bits per heavy atom. The molecular weight excluding hydrogens is 340 g/mol. The van der Waals surface area contributed by atoms with E-state index in [1.54, 1.807) is 0 Å². The first kappa shape index (κ1) is 17.8. The number of hydrogen-bond donors (Lipinski definition) is 2. The van der Waals surface area contributed by atoms with Crippen molar-refractivity contribution in [2.24, 2.45) is 0 Å². The minimum atomic E-state index is 0.197. The standard InChI is InChI=1S/C26H32N2/c1-2-4-6-12-18-26(17-11-5-3-1)19-27-24-22-15-9-7-13-20(22)21-14-8-10-16-23(21)25(24)28-26/h7-10,13-16,27-28H,1-6,11-12,17-19H2. The zero-order valence-electron chi connectivity index (χ0n) is 16.9. The molecule has 0 bridgehead atoms. The van der Waals surface area contributed by atoms with Crippen LogP contribution in [0.15, 0.2) is 48.5 Å². The van der Waals surface area contributed by atoms with Crippen LogP contribution >= 0.6 is 0 Å². The van der Waals surface area contributed by atoms with Crippen molar-refractivity contribution in [3.63, 3.8) is 0 Å². The fourth-order valence-electron chi connectivity index (χ4n) is 5.44. The van der Waals surface area contributed by atoms with Crippen LogP contribution in [-0.2, 0) is 0 Å². The Morgan fingerprint density at radius 1 is 0.536 bits per heavy atom. The lowest BCUT2D eigenvalue weighted by atomic mass is 9.83. The topological polar surface area (TPSA) is 24.1 Å². The van der Waals surface area contributed by atoms with Crippen LogP contribution in [-0.4, -0.2) is 12.1 Å². The smallest absolute Gasteiger partial charge is 0.0667 e. The minimum Gasteiger partial charge on any atom is -0.381 e. The maximum Gasteiger partial charge on any atom is 0.0667 e. The minimum absolute atomic E-state index is 0.197. The van der Waals surface area contributed by atoms with Crippen LogP contribution in [0.3, 0.4) is 0 Å². The van der Waals surface area contributed by atoms with Gasteiger partial charge in [0.25, 0.3) is 0 Å². The summed E-state index contributed by atoms with van der Waals surface area (Å²) in [6, 6.07) is 17.8. The molecule has 28 heavy (non-hydrogen) atoms. The van der Waals surface area contributed by atoms with Gasteiger partial charge >= 0.3 is 0 Å². The Morgan fingerprint density at radius 3 is 1.57 bits per heavy atom. The highest BCUT2D eigenvalue weighted by atomic mass is 15.1. The molecular formula is C26H32N2. The molecule has 2 heteroatoms. The van der Waals surface area contributed by atoms with Crippen molar-refractivity contribution in [2.45, 2.75) is 69.7 Å². The van der Waals surface area contributed by atoms with Crippen LogP contribution < -0.4 is 10.6 Å². The second-order valence-electron chi connectivity index (χ2n) is 8.93. The van der Waals surface area contributed by atoms with Gasteiger partial charge in [0, 0.05) is 17.3 Å². The van der Waals surface area contributed by atoms with Crippen molar-refractivity contribution in [2.75, 3.05) is 17.2 Å². The van der Waals surface area contributed by atoms with Gasteiger partial charge in [-0.1, -0.05) is 99.9 Å². The van der Waals surface area contributed by atoms with Gasteiger partial charge in [-0.2, -0.15) is 0 Å². The lowest BCUT2D eigenvalue weighted by molar-refractivity contribution is 0.385. The van der Waals surface area contributed by atoms with Crippen LogP contribution in [0.25, 0.3) is 21.5 Å². The van der Waals surface area contributed by atoms with Crippen LogP contribution in [0.1, 0.15) is 64.2 Å². The largest absolute Gasteiger partial charge is 0.381 e. The van der Waals surface area contributed by atoms with Gasteiger partial charge in [-0.25, -0.2) is 0 Å². The molecule has 2 aliphatic rings. The number of anilines is 2. The Kier molecular flexibility index (Phi) is 4.88. The summed E-state index contributed by atoms with van der Waals surface area (Å²) in [5.74, 6) is 0. The molecule has 1 aliphatic carbocycles. The second-order valence-corrected chi connectivity index (χ2v) is 8.93. The van der Waals surface area contributed by atoms with Crippen LogP contribution in [0, 0.1) is 0 Å². The van der Waals surface area contributed by atoms with Crippen LogP contribution in [0.4, 0.5) is 11.4 Å². The Bertz CT molecular complexity index is 963. The molecule has 0 atom stereocenters. The first-order valence-electron chi connectivity index (χ1n) is 11.3. The lowest BCUT2D eigenvalue weighted by Gasteiger charge is -2.42. The zero-order valence-corrected chi connectivity index (χ0v) is 16.9. The van der Waals surface area contributed by atoms with Crippen molar-refractivity contribution < 1.29 is 0 Å². The molecule has 1 saturated carbocycles. The van der Waals surface area contributed by atoms with Gasteiger partial charge < -0.3 is 10.6 Å². The van der Waals surface area contributed by atoms with Crippen molar-refractivity contribution in [3.05, 3.63) is 48.5 Å². The quantitative estimate of drug-likeness (QED) is 0.400. The number of nitrogens with one attached hydrogen (secondary N) is 2. The summed E-state index contributed by atoms with van der Waals surface area (Å²) in [6.45, 7) is 1.04. The van der Waals surface area contributed by atoms with E-state index in [1.165, 1.54) is 97.1 Å². The zero-order chi connectivity index (χ0) is 18.8. The van der Waals surface area contributed by atoms with E-state index < -0.39 is 0 Å². The second kappa shape index (κ2) is 7.66. The first-order chi connectivity index (χ1) is 13.9. The summed E-state index contributed by atoms with van der Waals surface area (Å²) in [7, 11) is 0. The first-order valence-corrected chi connectivity index (χ1v) is 11.3. The van der Waals surface area contributed by atoms with Crippen LogP contribution in [0.5, 0.6) is 0 Å². The van der Waals surface area contributed by atoms with Gasteiger partial charge in [-0.05, 0) is 23.6 Å². The molecule has 0 aromatic heterocycles. The Hall–Kier alpha value is -2.22. The number of rotatable bonds is 0. The highest BCUT2D eigenvalue weighted by Crippen LogP contribution is 2.45. The molecule has 1 aliphatic heterocycles. The molecule has 0 saturated heterocycles. The molecule has 146 valence electrons. The molecule has 5 rings (SSSR count). The van der Waals surface area contributed by atoms with E-state index in [2.05, 4.69) is 59.2 Å². The Balaban J connectivity index is 1.59. The molecule has 0 amide bonds. The van der Waals surface area contributed by atoms with Gasteiger partial charge in [0.1, 0.15) is 0 Å². The average Bonchev–Trinajstić information content (AvgIpc) is 2.80. The predicted octanol–water partition coefficient (Wildman–Crippen LogP) is 7.48. The lowest BCUT2D eigenvalue weighted by Crippen LogP contribution is -2.48. The third-order valence-electron chi connectivity index (χ3n) is 6.99. The van der Waals surface area contributed by atoms with E-state index in [0.29, 0.717) is 0 Å². The van der Waals surface area contributed by atoms with Gasteiger partial charge in [0.15, 0.2) is 0 Å². The van der Waals surface area contributed by atoms with E-state index in [9.17, 15) is 0 Å². The monoisotopic (exact) mass is 372 g/mol. The molecule has 1 fully saturated rings. The fourth-order valence-corrected chi connectivity index (χ4v) is 5.44. The van der Waals surface area contributed by atoms with Crippen LogP contribution in [0.2, 0.25) is 0 Å². The highest BCUT2D eigenvalue weighted by Gasteiger charge is 2.34. The number of fused-ring (bicyclic) bond motifs is 6. The highest BCUT2D eigenvalue weighted by molar-refractivity contribution is 6.20. The molecule has 2 nitrogen and oxygen atoms in total. The van der Waals surface area contributed by atoms with E-state index in [1.807, 2.05) is 0 Å². The number of hydrogen-bond acceptors (Lipinski definition) is 2. The fraction of sp³-hybridized carbons (Fsp3) is 0.462. The molecule has 3 aromatic carbocycles. The molecule has 2 N–H and O–H groups in total. The van der Waals surface area contributed by atoms with Crippen molar-refractivity contribution in [1.29, 1.82) is 0 Å². The van der Waals surface area contributed by atoms with E-state index >= 15 is 0 Å². The molecule has 0 radical (unpaired) electrons. The van der Waals surface area contributed by atoms with Gasteiger partial charge in [-0.3, -0.25) is 0 Å². The van der Waals surface area contributed by atoms with Gasteiger partial charge in [0.05, 0.1) is 16.9 Å². The van der Waals surface area contributed by atoms with Gasteiger partial charge in [-0.15, -0.1) is 0 Å². The third kappa shape index (κ3) is 3.23. The van der Waals surface area contributed by atoms with E-state index in [4.69, 9.17) is 0 Å².